The number of halogens is 1. The van der Waals surface area contributed by atoms with E-state index in [1.54, 1.807) is 0 Å². The third-order valence-electron chi connectivity index (χ3n) is 3.46. The van der Waals surface area contributed by atoms with E-state index in [2.05, 4.69) is 10.3 Å². The number of nitrogens with two attached hydrogens (primary N) is 1. The van der Waals surface area contributed by atoms with Gasteiger partial charge in [-0.2, -0.15) is 0 Å². The van der Waals surface area contributed by atoms with Crippen LogP contribution in [0.4, 0.5) is 0 Å². The van der Waals surface area contributed by atoms with Gasteiger partial charge < -0.3 is 4.74 Å². The van der Waals surface area contributed by atoms with Crippen molar-refractivity contribution in [2.75, 3.05) is 13.6 Å². The van der Waals surface area contributed by atoms with Crippen molar-refractivity contribution in [3.05, 3.63) is 34.9 Å². The van der Waals surface area contributed by atoms with Gasteiger partial charge in [-0.05, 0) is 31.5 Å². The predicted octanol–water partition coefficient (Wildman–Crippen LogP) is 1.31. The summed E-state index contributed by atoms with van der Waals surface area (Å²) in [4.78, 5) is 13.5. The fourth-order valence-electron chi connectivity index (χ4n) is 2.46. The van der Waals surface area contributed by atoms with Crippen molar-refractivity contribution in [2.24, 2.45) is 5.84 Å². The molecule has 1 aliphatic heterocycles. The molecule has 5 nitrogen and oxygen atoms in total. The van der Waals surface area contributed by atoms with Crippen LogP contribution in [0.1, 0.15) is 18.4 Å². The molecule has 2 atom stereocenters. The standard InChI is InChI=1S/C14H20ClN3O2/c1-18(8-10-4-2-3-5-12(10)15)9-11-6-7-13(20-11)14(19)17-16/h2-5,11,13H,6-9,16H2,1H3,(H,17,19). The molecule has 20 heavy (non-hydrogen) atoms. The minimum atomic E-state index is -0.418. The Morgan fingerprint density at radius 2 is 2.25 bits per heavy atom. The van der Waals surface area contributed by atoms with Crippen molar-refractivity contribution < 1.29 is 9.53 Å². The fraction of sp³-hybridized carbons (Fsp3) is 0.500. The van der Waals surface area contributed by atoms with E-state index in [0.717, 1.165) is 30.1 Å². The van der Waals surface area contributed by atoms with E-state index >= 15 is 0 Å². The molecule has 1 amide bonds. The van der Waals surface area contributed by atoms with Gasteiger partial charge in [0.2, 0.25) is 0 Å². The molecule has 0 aliphatic carbocycles. The van der Waals surface area contributed by atoms with Crippen LogP contribution in [-0.4, -0.2) is 36.6 Å². The molecule has 1 aromatic carbocycles. The Morgan fingerprint density at radius 1 is 1.50 bits per heavy atom. The summed E-state index contributed by atoms with van der Waals surface area (Å²) in [5.74, 6) is 4.86. The van der Waals surface area contributed by atoms with E-state index in [4.69, 9.17) is 22.2 Å². The summed E-state index contributed by atoms with van der Waals surface area (Å²) in [6.45, 7) is 1.52. The monoisotopic (exact) mass is 297 g/mol. The molecule has 1 aliphatic rings. The van der Waals surface area contributed by atoms with Gasteiger partial charge in [-0.15, -0.1) is 0 Å². The first kappa shape index (κ1) is 15.3. The van der Waals surface area contributed by atoms with Crippen LogP contribution in [0.2, 0.25) is 5.02 Å². The Hall–Kier alpha value is -1.14. The van der Waals surface area contributed by atoms with Gasteiger partial charge in [-0.25, -0.2) is 5.84 Å². The van der Waals surface area contributed by atoms with E-state index < -0.39 is 6.10 Å². The lowest BCUT2D eigenvalue weighted by atomic mass is 10.1. The first-order valence-corrected chi connectivity index (χ1v) is 7.06. The molecule has 1 fully saturated rings. The molecular formula is C14H20ClN3O2. The van der Waals surface area contributed by atoms with Gasteiger partial charge in [0.15, 0.2) is 0 Å². The number of ether oxygens (including phenoxy) is 1. The number of nitrogens with zero attached hydrogens (tertiary/aromatic N) is 1. The Balaban J connectivity index is 1.82. The van der Waals surface area contributed by atoms with Crippen LogP contribution in [0, 0.1) is 0 Å². The third kappa shape index (κ3) is 3.93. The summed E-state index contributed by atoms with van der Waals surface area (Å²) in [5, 5.41) is 0.770. The lowest BCUT2D eigenvalue weighted by Crippen LogP contribution is -2.39. The molecule has 110 valence electrons. The van der Waals surface area contributed by atoms with Crippen LogP contribution in [0.25, 0.3) is 0 Å². The minimum Gasteiger partial charge on any atom is -0.364 e. The smallest absolute Gasteiger partial charge is 0.263 e. The summed E-state index contributed by atoms with van der Waals surface area (Å²) in [7, 11) is 2.02. The van der Waals surface area contributed by atoms with Gasteiger partial charge in [0.05, 0.1) is 6.10 Å². The topological polar surface area (TPSA) is 67.6 Å². The highest BCUT2D eigenvalue weighted by molar-refractivity contribution is 6.31. The molecule has 0 bridgehead atoms. The van der Waals surface area contributed by atoms with Gasteiger partial charge in [0, 0.05) is 18.1 Å². The summed E-state index contributed by atoms with van der Waals surface area (Å²) < 4.78 is 5.69. The Bertz CT molecular complexity index is 469. The van der Waals surface area contributed by atoms with Gasteiger partial charge in [-0.3, -0.25) is 15.1 Å². The zero-order chi connectivity index (χ0) is 14.5. The van der Waals surface area contributed by atoms with Crippen LogP contribution in [0.5, 0.6) is 0 Å². The summed E-state index contributed by atoms with van der Waals surface area (Å²) in [6, 6.07) is 7.79. The molecule has 1 aromatic rings. The normalized spacial score (nSPS) is 22.2. The Kier molecular flexibility index (Phi) is 5.37. The highest BCUT2D eigenvalue weighted by atomic mass is 35.5. The molecule has 1 heterocycles. The molecule has 0 spiro atoms. The minimum absolute atomic E-state index is 0.0600. The number of likely N-dealkylation sites (N-methyl/N-ethyl adjacent to an activating group) is 1. The largest absolute Gasteiger partial charge is 0.364 e. The van der Waals surface area contributed by atoms with E-state index in [9.17, 15) is 4.79 Å². The molecule has 3 N–H and O–H groups in total. The maximum atomic E-state index is 11.4. The highest BCUT2D eigenvalue weighted by Crippen LogP contribution is 2.22. The summed E-state index contributed by atoms with van der Waals surface area (Å²) in [6.07, 6.45) is 1.22. The van der Waals surface area contributed by atoms with Crippen LogP contribution < -0.4 is 11.3 Å². The lowest BCUT2D eigenvalue weighted by Gasteiger charge is -2.21. The number of carbonyl (C=O) groups excluding carboxylic acids is 1. The molecular weight excluding hydrogens is 278 g/mol. The Morgan fingerprint density at radius 3 is 2.95 bits per heavy atom. The summed E-state index contributed by atoms with van der Waals surface area (Å²) in [5.41, 5.74) is 3.22. The average molecular weight is 298 g/mol. The van der Waals surface area contributed by atoms with E-state index in [0.29, 0.717) is 6.42 Å². The van der Waals surface area contributed by atoms with Crippen LogP contribution >= 0.6 is 11.6 Å². The number of rotatable bonds is 5. The number of carbonyl (C=O) groups is 1. The molecule has 0 radical (unpaired) electrons. The second-order valence-electron chi connectivity index (χ2n) is 5.12. The van der Waals surface area contributed by atoms with Crippen LogP contribution in [0.3, 0.4) is 0 Å². The second-order valence-corrected chi connectivity index (χ2v) is 5.53. The lowest BCUT2D eigenvalue weighted by molar-refractivity contribution is -0.132. The number of hydrazine groups is 1. The number of nitrogens with one attached hydrogen (secondary N) is 1. The second kappa shape index (κ2) is 7.04. The zero-order valence-electron chi connectivity index (χ0n) is 11.5. The van der Waals surface area contributed by atoms with Crippen LogP contribution in [0.15, 0.2) is 24.3 Å². The van der Waals surface area contributed by atoms with Crippen molar-refractivity contribution in [1.82, 2.24) is 10.3 Å². The average Bonchev–Trinajstić information content (AvgIpc) is 2.89. The zero-order valence-corrected chi connectivity index (χ0v) is 12.3. The highest BCUT2D eigenvalue weighted by Gasteiger charge is 2.30. The van der Waals surface area contributed by atoms with Gasteiger partial charge in [0.1, 0.15) is 6.10 Å². The molecule has 2 unspecified atom stereocenters. The van der Waals surface area contributed by atoms with Crippen molar-refractivity contribution in [3.8, 4) is 0 Å². The number of amides is 1. The van der Waals surface area contributed by atoms with Crippen molar-refractivity contribution in [3.63, 3.8) is 0 Å². The van der Waals surface area contributed by atoms with E-state index in [1.165, 1.54) is 0 Å². The predicted molar refractivity (Wildman–Crippen MR) is 78.0 cm³/mol. The molecule has 0 aromatic heterocycles. The van der Waals surface area contributed by atoms with Gasteiger partial charge in [0.25, 0.3) is 5.91 Å². The maximum Gasteiger partial charge on any atom is 0.263 e. The number of hydrogen-bond donors (Lipinski definition) is 2. The quantitative estimate of drug-likeness (QED) is 0.488. The van der Waals surface area contributed by atoms with Gasteiger partial charge in [-0.1, -0.05) is 29.8 Å². The van der Waals surface area contributed by atoms with E-state index in [1.807, 2.05) is 31.3 Å². The first-order chi connectivity index (χ1) is 9.60. The maximum absolute atomic E-state index is 11.4. The summed E-state index contributed by atoms with van der Waals surface area (Å²) >= 11 is 6.14. The molecule has 6 heteroatoms. The van der Waals surface area contributed by atoms with Crippen molar-refractivity contribution in [1.29, 1.82) is 0 Å². The molecule has 0 saturated carbocycles. The van der Waals surface area contributed by atoms with Crippen LogP contribution in [-0.2, 0) is 16.1 Å². The SMILES string of the molecule is CN(Cc1ccccc1Cl)CC1CCC(C(=O)NN)O1. The van der Waals surface area contributed by atoms with E-state index in [-0.39, 0.29) is 12.0 Å². The number of benzene rings is 1. The Labute approximate surface area is 124 Å². The van der Waals surface area contributed by atoms with Gasteiger partial charge >= 0.3 is 0 Å². The molecule has 2 rings (SSSR count). The molecule has 1 saturated heterocycles. The number of hydrogen-bond acceptors (Lipinski definition) is 4. The third-order valence-corrected chi connectivity index (χ3v) is 3.82. The van der Waals surface area contributed by atoms with Crippen molar-refractivity contribution in [2.45, 2.75) is 31.6 Å². The first-order valence-electron chi connectivity index (χ1n) is 6.68. The fourth-order valence-corrected chi connectivity index (χ4v) is 2.65. The van der Waals surface area contributed by atoms with Crippen molar-refractivity contribution >= 4 is 17.5 Å².